The molecule has 7 nitrogen and oxygen atoms in total. The number of esters is 2. The van der Waals surface area contributed by atoms with Gasteiger partial charge in [0, 0.05) is 11.6 Å². The van der Waals surface area contributed by atoms with Crippen molar-refractivity contribution in [2.24, 2.45) is 0 Å². The largest absolute Gasteiger partial charge is 0.465 e. The third-order valence-electron chi connectivity index (χ3n) is 3.08. The molecular weight excluding hydrogens is 304 g/mol. The van der Waals surface area contributed by atoms with Gasteiger partial charge < -0.3 is 14.2 Å². The summed E-state index contributed by atoms with van der Waals surface area (Å²) in [4.78, 5) is 34.3. The zero-order valence-corrected chi connectivity index (χ0v) is 13.3. The molecule has 0 amide bonds. The van der Waals surface area contributed by atoms with Gasteiger partial charge in [0.2, 0.25) is 0 Å². The molecule has 0 radical (unpaired) electrons. The van der Waals surface area contributed by atoms with Crippen LogP contribution in [0.2, 0.25) is 0 Å². The molecule has 0 bridgehead atoms. The van der Waals surface area contributed by atoms with Gasteiger partial charge in [-0.1, -0.05) is 30.3 Å². The molecule has 0 spiro atoms. The quantitative estimate of drug-likeness (QED) is 0.275. The molecule has 2 rings (SSSR count). The maximum atomic E-state index is 11.9. The predicted octanol–water partition coefficient (Wildman–Crippen LogP) is 1.83. The summed E-state index contributed by atoms with van der Waals surface area (Å²) in [6.07, 6.45) is 1.19. The maximum Gasteiger partial charge on any atom is 0.345 e. The van der Waals surface area contributed by atoms with E-state index in [1.807, 2.05) is 6.07 Å². The standard InChI is InChI=1S/C16H18O7/c1-15(2)21-16(23-22-15,11-8-6-5-7-9-11)10-12(13(17)19-3)14(18)20-4/h5-10H,1-4H3. The summed E-state index contributed by atoms with van der Waals surface area (Å²) in [5, 5.41) is 0. The second-order valence-corrected chi connectivity index (χ2v) is 5.24. The third-order valence-corrected chi connectivity index (χ3v) is 3.08. The van der Waals surface area contributed by atoms with E-state index in [2.05, 4.69) is 9.47 Å². The van der Waals surface area contributed by atoms with Gasteiger partial charge in [-0.15, -0.1) is 0 Å². The van der Waals surface area contributed by atoms with E-state index < -0.39 is 23.5 Å². The highest BCUT2D eigenvalue weighted by Crippen LogP contribution is 2.42. The zero-order chi connectivity index (χ0) is 17.1. The van der Waals surface area contributed by atoms with Gasteiger partial charge in [0.15, 0.2) is 5.79 Å². The van der Waals surface area contributed by atoms with Gasteiger partial charge in [0.05, 0.1) is 14.2 Å². The van der Waals surface area contributed by atoms with Crippen LogP contribution in [-0.2, 0) is 39.4 Å². The Kier molecular flexibility index (Phi) is 4.84. The van der Waals surface area contributed by atoms with Crippen LogP contribution >= 0.6 is 0 Å². The number of carbonyl (C=O) groups is 2. The number of carbonyl (C=O) groups excluding carboxylic acids is 2. The molecule has 1 aliphatic rings. The van der Waals surface area contributed by atoms with E-state index >= 15 is 0 Å². The van der Waals surface area contributed by atoms with E-state index in [9.17, 15) is 9.59 Å². The number of hydrogen-bond acceptors (Lipinski definition) is 7. The first-order valence-corrected chi connectivity index (χ1v) is 6.85. The molecule has 0 saturated carbocycles. The molecule has 1 saturated heterocycles. The van der Waals surface area contributed by atoms with Crippen molar-refractivity contribution in [1.29, 1.82) is 0 Å². The van der Waals surface area contributed by atoms with E-state index in [0.29, 0.717) is 5.56 Å². The fourth-order valence-electron chi connectivity index (χ4n) is 2.09. The van der Waals surface area contributed by atoms with Gasteiger partial charge in [-0.05, 0) is 13.8 Å². The molecule has 0 aromatic heterocycles. The summed E-state index contributed by atoms with van der Waals surface area (Å²) < 4.78 is 15.0. The highest BCUT2D eigenvalue weighted by molar-refractivity contribution is 6.14. The molecule has 7 heteroatoms. The van der Waals surface area contributed by atoms with Crippen molar-refractivity contribution >= 4 is 11.9 Å². The lowest BCUT2D eigenvalue weighted by Gasteiger charge is -2.24. The summed E-state index contributed by atoms with van der Waals surface area (Å²) in [6.45, 7) is 3.28. The molecule has 1 aromatic carbocycles. The molecule has 23 heavy (non-hydrogen) atoms. The second kappa shape index (κ2) is 6.49. The molecule has 124 valence electrons. The maximum absolute atomic E-state index is 11.9. The van der Waals surface area contributed by atoms with Gasteiger partial charge in [-0.2, -0.15) is 9.78 Å². The number of benzene rings is 1. The van der Waals surface area contributed by atoms with E-state index in [1.165, 1.54) is 6.08 Å². The van der Waals surface area contributed by atoms with Gasteiger partial charge in [-0.25, -0.2) is 9.59 Å². The minimum atomic E-state index is -1.58. The van der Waals surface area contributed by atoms with Crippen molar-refractivity contribution < 1.29 is 33.6 Å². The van der Waals surface area contributed by atoms with E-state index in [0.717, 1.165) is 14.2 Å². The molecule has 1 atom stereocenters. The van der Waals surface area contributed by atoms with Gasteiger partial charge in [0.1, 0.15) is 5.57 Å². The minimum absolute atomic E-state index is 0.361. The first-order chi connectivity index (χ1) is 10.8. The van der Waals surface area contributed by atoms with Crippen LogP contribution in [0.25, 0.3) is 0 Å². The average molecular weight is 322 g/mol. The van der Waals surface area contributed by atoms with Crippen molar-refractivity contribution in [3.63, 3.8) is 0 Å². The van der Waals surface area contributed by atoms with E-state index in [-0.39, 0.29) is 5.57 Å². The Bertz CT molecular complexity index is 603. The second-order valence-electron chi connectivity index (χ2n) is 5.24. The van der Waals surface area contributed by atoms with Crippen LogP contribution < -0.4 is 0 Å². The monoisotopic (exact) mass is 322 g/mol. The van der Waals surface area contributed by atoms with Crippen LogP contribution in [0.5, 0.6) is 0 Å². The van der Waals surface area contributed by atoms with Crippen LogP contribution in [0.1, 0.15) is 19.4 Å². The molecule has 1 unspecified atom stereocenters. The first-order valence-electron chi connectivity index (χ1n) is 6.85. The molecular formula is C16H18O7. The Labute approximate surface area is 133 Å². The fraction of sp³-hybridized carbons (Fsp3) is 0.375. The lowest BCUT2D eigenvalue weighted by molar-refractivity contribution is -0.338. The van der Waals surface area contributed by atoms with Gasteiger partial charge >= 0.3 is 11.9 Å². The first kappa shape index (κ1) is 17.1. The lowest BCUT2D eigenvalue weighted by atomic mass is 10.0. The highest BCUT2D eigenvalue weighted by Gasteiger charge is 2.49. The number of hydrogen-bond donors (Lipinski definition) is 0. The average Bonchev–Trinajstić information content (AvgIpc) is 2.88. The van der Waals surface area contributed by atoms with Gasteiger partial charge in [0.25, 0.3) is 5.79 Å². The smallest absolute Gasteiger partial charge is 0.345 e. The summed E-state index contributed by atoms with van der Waals surface area (Å²) in [7, 11) is 2.32. The zero-order valence-electron chi connectivity index (χ0n) is 13.3. The molecule has 1 aromatic rings. The minimum Gasteiger partial charge on any atom is -0.465 e. The van der Waals surface area contributed by atoms with Crippen molar-refractivity contribution in [2.45, 2.75) is 25.4 Å². The summed E-state index contributed by atoms with van der Waals surface area (Å²) in [5.74, 6) is -4.40. The number of ether oxygens (including phenoxy) is 3. The molecule has 0 N–H and O–H groups in total. The van der Waals surface area contributed by atoms with Crippen LogP contribution in [0.15, 0.2) is 42.0 Å². The number of methoxy groups -OCH3 is 2. The molecule has 1 aliphatic heterocycles. The Hall–Kier alpha value is -2.22. The Morgan fingerprint density at radius 2 is 1.57 bits per heavy atom. The highest BCUT2D eigenvalue weighted by atomic mass is 17.3. The Morgan fingerprint density at radius 3 is 2.00 bits per heavy atom. The topological polar surface area (TPSA) is 80.3 Å². The Morgan fingerprint density at radius 1 is 1.00 bits per heavy atom. The van der Waals surface area contributed by atoms with E-state index in [1.54, 1.807) is 38.1 Å². The fourth-order valence-corrected chi connectivity index (χ4v) is 2.09. The van der Waals surface area contributed by atoms with Crippen molar-refractivity contribution in [3.8, 4) is 0 Å². The normalized spacial score (nSPS) is 22.3. The molecule has 1 heterocycles. The van der Waals surface area contributed by atoms with Gasteiger partial charge in [-0.3, -0.25) is 0 Å². The summed E-state index contributed by atoms with van der Waals surface area (Å²) >= 11 is 0. The van der Waals surface area contributed by atoms with Crippen molar-refractivity contribution in [2.75, 3.05) is 14.2 Å². The van der Waals surface area contributed by atoms with Crippen LogP contribution in [0.3, 0.4) is 0 Å². The SMILES string of the molecule is COC(=O)C(=CC1(c2ccccc2)OOC(C)(C)O1)C(=O)OC. The van der Waals surface area contributed by atoms with Crippen molar-refractivity contribution in [3.05, 3.63) is 47.5 Å². The van der Waals surface area contributed by atoms with Crippen molar-refractivity contribution in [1.82, 2.24) is 0 Å². The van der Waals surface area contributed by atoms with Crippen LogP contribution in [-0.4, -0.2) is 31.9 Å². The third kappa shape index (κ3) is 3.58. The number of rotatable bonds is 4. The summed E-state index contributed by atoms with van der Waals surface area (Å²) in [6, 6.07) is 8.77. The van der Waals surface area contributed by atoms with Crippen LogP contribution in [0.4, 0.5) is 0 Å². The van der Waals surface area contributed by atoms with E-state index in [4.69, 9.17) is 14.5 Å². The molecule has 1 fully saturated rings. The van der Waals surface area contributed by atoms with Crippen LogP contribution in [0, 0.1) is 0 Å². The Balaban J connectivity index is 2.56. The predicted molar refractivity (Wildman–Crippen MR) is 77.6 cm³/mol. The summed E-state index contributed by atoms with van der Waals surface area (Å²) in [5.41, 5.74) is 0.177. The molecule has 0 aliphatic carbocycles. The lowest BCUT2D eigenvalue weighted by Crippen LogP contribution is -2.31.